The van der Waals surface area contributed by atoms with Crippen molar-refractivity contribution in [3.05, 3.63) is 28.3 Å². The lowest BCUT2D eigenvalue weighted by molar-refractivity contribution is 0.331. The van der Waals surface area contributed by atoms with E-state index >= 15 is 0 Å². The summed E-state index contributed by atoms with van der Waals surface area (Å²) < 4.78 is 5.72. The van der Waals surface area contributed by atoms with E-state index < -0.39 is 0 Å². The van der Waals surface area contributed by atoms with Gasteiger partial charge in [-0.15, -0.1) is 0 Å². The summed E-state index contributed by atoms with van der Waals surface area (Å²) in [6.45, 7) is 7.54. The highest BCUT2D eigenvalue weighted by Gasteiger charge is 2.13. The lowest BCUT2D eigenvalue weighted by Crippen LogP contribution is -2.08. The predicted molar refractivity (Wildman–Crippen MR) is 69.5 cm³/mol. The van der Waals surface area contributed by atoms with Crippen molar-refractivity contribution in [2.45, 2.75) is 33.1 Å². The first kappa shape index (κ1) is 13.3. The number of benzene rings is 1. The van der Waals surface area contributed by atoms with E-state index in [0.717, 1.165) is 28.3 Å². The van der Waals surface area contributed by atoms with Gasteiger partial charge in [0.25, 0.3) is 0 Å². The van der Waals surface area contributed by atoms with Gasteiger partial charge in [-0.25, -0.2) is 0 Å². The van der Waals surface area contributed by atoms with Crippen molar-refractivity contribution in [2.24, 2.45) is 5.73 Å². The van der Waals surface area contributed by atoms with Crippen molar-refractivity contribution in [1.29, 1.82) is 0 Å². The molecule has 0 fully saturated rings. The zero-order chi connectivity index (χ0) is 12.1. The van der Waals surface area contributed by atoms with Crippen LogP contribution in [0.3, 0.4) is 0 Å². The molecule has 1 aromatic rings. The molecule has 0 amide bonds. The molecule has 0 bridgehead atoms. The van der Waals surface area contributed by atoms with E-state index in [2.05, 4.69) is 13.8 Å². The van der Waals surface area contributed by atoms with E-state index in [-0.39, 0.29) is 0 Å². The van der Waals surface area contributed by atoms with Crippen LogP contribution in [0.15, 0.2) is 12.1 Å². The minimum absolute atomic E-state index is 0.400. The Kier molecular flexibility index (Phi) is 5.10. The molecule has 0 aliphatic rings. The first-order valence-electron chi connectivity index (χ1n) is 5.75. The Balaban J connectivity index is 3.23. The van der Waals surface area contributed by atoms with Crippen LogP contribution in [0, 0.1) is 0 Å². The van der Waals surface area contributed by atoms with Gasteiger partial charge in [-0.1, -0.05) is 25.4 Å². The van der Waals surface area contributed by atoms with E-state index in [1.54, 1.807) is 0 Å². The molecule has 0 heterocycles. The van der Waals surface area contributed by atoms with Gasteiger partial charge < -0.3 is 10.5 Å². The molecular formula is C13H20ClNO. The van der Waals surface area contributed by atoms with Gasteiger partial charge in [-0.2, -0.15) is 0 Å². The molecule has 0 aliphatic heterocycles. The SMILES string of the molecule is CCOc1c(CCN)cc(Cl)cc1C(C)C. The number of ether oxygens (including phenoxy) is 1. The second-order valence-corrected chi connectivity index (χ2v) is 4.55. The molecule has 0 unspecified atom stereocenters. The van der Waals surface area contributed by atoms with Crippen molar-refractivity contribution in [3.63, 3.8) is 0 Å². The molecule has 0 saturated heterocycles. The molecule has 0 spiro atoms. The van der Waals surface area contributed by atoms with Crippen LogP contribution < -0.4 is 10.5 Å². The zero-order valence-electron chi connectivity index (χ0n) is 10.2. The molecule has 0 aliphatic carbocycles. The number of hydrogen-bond donors (Lipinski definition) is 1. The molecule has 1 rings (SSSR count). The Morgan fingerprint density at radius 2 is 2.06 bits per heavy atom. The standard InChI is InChI=1S/C13H20ClNO/c1-4-16-13-10(5-6-15)7-11(14)8-12(13)9(2)3/h7-9H,4-6,15H2,1-3H3. The molecule has 2 nitrogen and oxygen atoms in total. The molecule has 1 aromatic carbocycles. The monoisotopic (exact) mass is 241 g/mol. The Hall–Kier alpha value is -0.730. The van der Waals surface area contributed by atoms with Gasteiger partial charge in [-0.3, -0.25) is 0 Å². The Bertz CT molecular complexity index is 350. The van der Waals surface area contributed by atoms with Crippen LogP contribution in [0.4, 0.5) is 0 Å². The van der Waals surface area contributed by atoms with Gasteiger partial charge in [0.15, 0.2) is 0 Å². The van der Waals surface area contributed by atoms with Gasteiger partial charge in [0, 0.05) is 5.02 Å². The van der Waals surface area contributed by atoms with Crippen LogP contribution in [0.5, 0.6) is 5.75 Å². The fourth-order valence-electron chi connectivity index (χ4n) is 1.76. The van der Waals surface area contributed by atoms with Crippen LogP contribution in [0.2, 0.25) is 5.02 Å². The molecule has 2 N–H and O–H groups in total. The van der Waals surface area contributed by atoms with E-state index in [1.165, 1.54) is 0 Å². The molecule has 90 valence electrons. The van der Waals surface area contributed by atoms with E-state index in [9.17, 15) is 0 Å². The molecule has 0 radical (unpaired) electrons. The summed E-state index contributed by atoms with van der Waals surface area (Å²) in [6.07, 6.45) is 0.801. The van der Waals surface area contributed by atoms with Crippen molar-refractivity contribution in [1.82, 2.24) is 0 Å². The van der Waals surface area contributed by atoms with E-state index in [0.29, 0.717) is 19.1 Å². The Morgan fingerprint density at radius 1 is 1.38 bits per heavy atom. The average molecular weight is 242 g/mol. The number of halogens is 1. The van der Waals surface area contributed by atoms with Crippen molar-refractivity contribution < 1.29 is 4.74 Å². The van der Waals surface area contributed by atoms with Crippen molar-refractivity contribution >= 4 is 11.6 Å². The third kappa shape index (κ3) is 3.13. The first-order chi connectivity index (χ1) is 7.60. The van der Waals surface area contributed by atoms with Gasteiger partial charge in [0.05, 0.1) is 6.61 Å². The number of hydrogen-bond acceptors (Lipinski definition) is 2. The summed E-state index contributed by atoms with van der Waals surface area (Å²) >= 11 is 6.11. The maximum Gasteiger partial charge on any atom is 0.126 e. The highest BCUT2D eigenvalue weighted by molar-refractivity contribution is 6.30. The van der Waals surface area contributed by atoms with Crippen LogP contribution in [0.1, 0.15) is 37.8 Å². The minimum Gasteiger partial charge on any atom is -0.493 e. The lowest BCUT2D eigenvalue weighted by Gasteiger charge is -2.17. The quantitative estimate of drug-likeness (QED) is 0.858. The largest absolute Gasteiger partial charge is 0.493 e. The predicted octanol–water partition coefficient (Wildman–Crippen LogP) is 3.36. The first-order valence-corrected chi connectivity index (χ1v) is 6.13. The molecule has 0 aromatic heterocycles. The second kappa shape index (κ2) is 6.12. The zero-order valence-corrected chi connectivity index (χ0v) is 11.0. The summed E-state index contributed by atoms with van der Waals surface area (Å²) in [6, 6.07) is 3.93. The lowest BCUT2D eigenvalue weighted by atomic mass is 9.97. The fourth-order valence-corrected chi connectivity index (χ4v) is 2.01. The Morgan fingerprint density at radius 3 is 2.56 bits per heavy atom. The number of rotatable bonds is 5. The van der Waals surface area contributed by atoms with Crippen molar-refractivity contribution in [3.8, 4) is 5.75 Å². The smallest absolute Gasteiger partial charge is 0.126 e. The molecule has 0 saturated carbocycles. The van der Waals surface area contributed by atoms with Gasteiger partial charge in [0.1, 0.15) is 5.75 Å². The molecule has 3 heteroatoms. The highest BCUT2D eigenvalue weighted by Crippen LogP contribution is 2.33. The third-order valence-electron chi connectivity index (χ3n) is 2.48. The van der Waals surface area contributed by atoms with Crippen LogP contribution in [0.25, 0.3) is 0 Å². The molecular weight excluding hydrogens is 222 g/mol. The second-order valence-electron chi connectivity index (χ2n) is 4.11. The summed E-state index contributed by atoms with van der Waals surface area (Å²) in [5, 5.41) is 0.760. The maximum absolute atomic E-state index is 6.11. The fraction of sp³-hybridized carbons (Fsp3) is 0.538. The topological polar surface area (TPSA) is 35.2 Å². The number of nitrogens with two attached hydrogens (primary N) is 1. The van der Waals surface area contributed by atoms with Gasteiger partial charge >= 0.3 is 0 Å². The summed E-state index contributed by atoms with van der Waals surface area (Å²) in [7, 11) is 0. The Labute approximate surface area is 103 Å². The van der Waals surface area contributed by atoms with Gasteiger partial charge in [-0.05, 0) is 49.1 Å². The van der Waals surface area contributed by atoms with Crippen LogP contribution in [-0.2, 0) is 6.42 Å². The van der Waals surface area contributed by atoms with Crippen LogP contribution in [-0.4, -0.2) is 13.2 Å². The average Bonchev–Trinajstić information content (AvgIpc) is 2.21. The minimum atomic E-state index is 0.400. The highest BCUT2D eigenvalue weighted by atomic mass is 35.5. The normalized spacial score (nSPS) is 10.9. The van der Waals surface area contributed by atoms with Crippen molar-refractivity contribution in [2.75, 3.05) is 13.2 Å². The van der Waals surface area contributed by atoms with Gasteiger partial charge in [0.2, 0.25) is 0 Å². The maximum atomic E-state index is 6.11. The molecule has 0 atom stereocenters. The summed E-state index contributed by atoms with van der Waals surface area (Å²) in [5.74, 6) is 1.36. The van der Waals surface area contributed by atoms with E-state index in [4.69, 9.17) is 22.1 Å². The summed E-state index contributed by atoms with van der Waals surface area (Å²) in [5.41, 5.74) is 7.88. The molecule has 16 heavy (non-hydrogen) atoms. The van der Waals surface area contributed by atoms with Crippen LogP contribution >= 0.6 is 11.6 Å². The van der Waals surface area contributed by atoms with E-state index in [1.807, 2.05) is 19.1 Å². The third-order valence-corrected chi connectivity index (χ3v) is 2.70. The summed E-state index contributed by atoms with van der Waals surface area (Å²) in [4.78, 5) is 0.